The van der Waals surface area contributed by atoms with Gasteiger partial charge in [-0.3, -0.25) is 9.67 Å². The number of nitrogens with zero attached hydrogens (tertiary/aromatic N) is 3. The average molecular weight is 211 g/mol. The zero-order valence-electron chi connectivity index (χ0n) is 8.54. The summed E-state index contributed by atoms with van der Waals surface area (Å²) in [6.07, 6.45) is 4.83. The normalized spacial score (nSPS) is 12.3. The van der Waals surface area contributed by atoms with Gasteiger partial charge in [0.15, 0.2) is 0 Å². The molecule has 0 aliphatic carbocycles. The standard InChI is InChI=1S/C10H11F2N3/c1-7-3-13-4-8-5-14-15(9(7)8)6-10(2,11)12/h3-5H,6H2,1-2H3. The number of hydrogen-bond acceptors (Lipinski definition) is 2. The lowest BCUT2D eigenvalue weighted by molar-refractivity contribution is 0.00180. The minimum atomic E-state index is -2.76. The van der Waals surface area contributed by atoms with Gasteiger partial charge in [-0.25, -0.2) is 8.78 Å². The highest BCUT2D eigenvalue weighted by atomic mass is 19.3. The Kier molecular flexibility index (Phi) is 2.17. The molecule has 80 valence electrons. The Hall–Kier alpha value is -1.52. The lowest BCUT2D eigenvalue weighted by atomic mass is 10.2. The SMILES string of the molecule is Cc1cncc2cnn(CC(C)(F)F)c12. The zero-order chi connectivity index (χ0) is 11.1. The number of hydrogen-bond donors (Lipinski definition) is 0. The van der Waals surface area contributed by atoms with Crippen LogP contribution in [0, 0.1) is 6.92 Å². The first-order chi connectivity index (χ1) is 6.97. The van der Waals surface area contributed by atoms with Crippen LogP contribution in [0.2, 0.25) is 0 Å². The third-order valence-electron chi connectivity index (χ3n) is 2.15. The maximum absolute atomic E-state index is 12.9. The van der Waals surface area contributed by atoms with Crippen molar-refractivity contribution in [3.63, 3.8) is 0 Å². The third kappa shape index (κ3) is 1.95. The molecule has 0 spiro atoms. The smallest absolute Gasteiger partial charge is 0.264 e. The van der Waals surface area contributed by atoms with Crippen LogP contribution in [0.25, 0.3) is 10.9 Å². The van der Waals surface area contributed by atoms with Crippen molar-refractivity contribution in [2.24, 2.45) is 0 Å². The molecule has 2 aromatic rings. The summed E-state index contributed by atoms with van der Waals surface area (Å²) in [6.45, 7) is 2.32. The highest BCUT2D eigenvalue weighted by Gasteiger charge is 2.23. The lowest BCUT2D eigenvalue weighted by Gasteiger charge is -2.11. The van der Waals surface area contributed by atoms with E-state index in [4.69, 9.17) is 0 Å². The maximum atomic E-state index is 12.9. The van der Waals surface area contributed by atoms with E-state index >= 15 is 0 Å². The molecule has 0 radical (unpaired) electrons. The summed E-state index contributed by atoms with van der Waals surface area (Å²) in [5.41, 5.74) is 1.58. The minimum absolute atomic E-state index is 0.401. The van der Waals surface area contributed by atoms with Crippen molar-refractivity contribution in [2.45, 2.75) is 26.3 Å². The van der Waals surface area contributed by atoms with Crippen molar-refractivity contribution in [3.05, 3.63) is 24.2 Å². The summed E-state index contributed by atoms with van der Waals surface area (Å²) in [6, 6.07) is 0. The second kappa shape index (κ2) is 3.25. The molecule has 0 N–H and O–H groups in total. The molecule has 0 bridgehead atoms. The van der Waals surface area contributed by atoms with Crippen LogP contribution in [0.5, 0.6) is 0 Å². The summed E-state index contributed by atoms with van der Waals surface area (Å²) in [4.78, 5) is 3.98. The van der Waals surface area contributed by atoms with E-state index < -0.39 is 12.5 Å². The van der Waals surface area contributed by atoms with Crippen LogP contribution < -0.4 is 0 Å². The van der Waals surface area contributed by atoms with Crippen LogP contribution in [-0.2, 0) is 6.54 Å². The molecule has 2 rings (SSSR count). The van der Waals surface area contributed by atoms with Gasteiger partial charge in [0.25, 0.3) is 5.92 Å². The first kappa shape index (κ1) is 10.0. The number of aromatic nitrogens is 3. The van der Waals surface area contributed by atoms with Gasteiger partial charge in [0.05, 0.1) is 11.7 Å². The Morgan fingerprint density at radius 2 is 2.07 bits per heavy atom. The van der Waals surface area contributed by atoms with Crippen molar-refractivity contribution in [2.75, 3.05) is 0 Å². The van der Waals surface area contributed by atoms with Crippen molar-refractivity contribution in [1.82, 2.24) is 14.8 Å². The number of rotatable bonds is 2. The van der Waals surface area contributed by atoms with E-state index in [1.165, 1.54) is 4.68 Å². The van der Waals surface area contributed by atoms with Crippen molar-refractivity contribution >= 4 is 10.9 Å². The Bertz CT molecular complexity index is 485. The van der Waals surface area contributed by atoms with Gasteiger partial charge in [0.1, 0.15) is 6.54 Å². The molecule has 15 heavy (non-hydrogen) atoms. The first-order valence-electron chi connectivity index (χ1n) is 4.61. The van der Waals surface area contributed by atoms with Gasteiger partial charge in [0.2, 0.25) is 0 Å². The van der Waals surface area contributed by atoms with E-state index in [2.05, 4.69) is 10.1 Å². The van der Waals surface area contributed by atoms with Crippen LogP contribution in [0.15, 0.2) is 18.6 Å². The van der Waals surface area contributed by atoms with E-state index in [-0.39, 0.29) is 0 Å². The number of fused-ring (bicyclic) bond motifs is 1. The molecular weight excluding hydrogens is 200 g/mol. The molecular formula is C10H11F2N3. The molecule has 0 aliphatic rings. The molecule has 5 heteroatoms. The molecule has 0 fully saturated rings. The monoisotopic (exact) mass is 211 g/mol. The largest absolute Gasteiger partial charge is 0.264 e. The molecule has 2 aromatic heterocycles. The first-order valence-corrected chi connectivity index (χ1v) is 4.61. The fourth-order valence-electron chi connectivity index (χ4n) is 1.60. The van der Waals surface area contributed by atoms with Crippen LogP contribution in [-0.4, -0.2) is 20.7 Å². The molecule has 0 aromatic carbocycles. The number of aryl methyl sites for hydroxylation is 1. The van der Waals surface area contributed by atoms with Gasteiger partial charge < -0.3 is 0 Å². The second-order valence-electron chi connectivity index (χ2n) is 3.77. The highest BCUT2D eigenvalue weighted by Crippen LogP contribution is 2.21. The number of alkyl halides is 2. The van der Waals surface area contributed by atoms with Crippen LogP contribution in [0.4, 0.5) is 8.78 Å². The van der Waals surface area contributed by atoms with Gasteiger partial charge in [-0.2, -0.15) is 5.10 Å². The topological polar surface area (TPSA) is 30.7 Å². The zero-order valence-corrected chi connectivity index (χ0v) is 8.54. The van der Waals surface area contributed by atoms with Gasteiger partial charge in [-0.15, -0.1) is 0 Å². The van der Waals surface area contributed by atoms with E-state index in [1.54, 1.807) is 18.6 Å². The Morgan fingerprint density at radius 1 is 1.33 bits per heavy atom. The van der Waals surface area contributed by atoms with E-state index in [9.17, 15) is 8.78 Å². The lowest BCUT2D eigenvalue weighted by Crippen LogP contribution is -2.20. The molecule has 0 atom stereocenters. The molecule has 2 heterocycles. The van der Waals surface area contributed by atoms with Crippen LogP contribution >= 0.6 is 0 Å². The fourth-order valence-corrected chi connectivity index (χ4v) is 1.60. The molecule has 0 aliphatic heterocycles. The van der Waals surface area contributed by atoms with Gasteiger partial charge in [-0.05, 0) is 12.5 Å². The van der Waals surface area contributed by atoms with E-state index in [1.807, 2.05) is 6.92 Å². The second-order valence-corrected chi connectivity index (χ2v) is 3.77. The minimum Gasteiger partial charge on any atom is -0.264 e. The van der Waals surface area contributed by atoms with Gasteiger partial charge in [0, 0.05) is 24.7 Å². The van der Waals surface area contributed by atoms with E-state index in [0.717, 1.165) is 23.4 Å². The maximum Gasteiger partial charge on any atom is 0.264 e. The highest BCUT2D eigenvalue weighted by molar-refractivity contribution is 5.80. The number of pyridine rings is 1. The fraction of sp³-hybridized carbons (Fsp3) is 0.400. The summed E-state index contributed by atoms with van der Waals surface area (Å²) in [7, 11) is 0. The molecule has 0 saturated heterocycles. The van der Waals surface area contributed by atoms with Gasteiger partial charge >= 0.3 is 0 Å². The Balaban J connectivity index is 2.53. The van der Waals surface area contributed by atoms with Crippen molar-refractivity contribution in [1.29, 1.82) is 0 Å². The predicted molar refractivity (Wildman–Crippen MR) is 52.9 cm³/mol. The average Bonchev–Trinajstić information content (AvgIpc) is 2.47. The molecule has 0 saturated carbocycles. The Labute approximate surface area is 85.7 Å². The molecule has 0 unspecified atom stereocenters. The quantitative estimate of drug-likeness (QED) is 0.763. The Morgan fingerprint density at radius 3 is 2.73 bits per heavy atom. The van der Waals surface area contributed by atoms with Crippen LogP contribution in [0.1, 0.15) is 12.5 Å². The van der Waals surface area contributed by atoms with Gasteiger partial charge in [-0.1, -0.05) is 0 Å². The van der Waals surface area contributed by atoms with Crippen molar-refractivity contribution < 1.29 is 8.78 Å². The van der Waals surface area contributed by atoms with E-state index in [0.29, 0.717) is 0 Å². The predicted octanol–water partition coefficient (Wildman–Crippen LogP) is 2.39. The summed E-state index contributed by atoms with van der Waals surface area (Å²) >= 11 is 0. The summed E-state index contributed by atoms with van der Waals surface area (Å²) in [5.74, 6) is -2.76. The third-order valence-corrected chi connectivity index (χ3v) is 2.15. The molecule has 0 amide bonds. The summed E-state index contributed by atoms with van der Waals surface area (Å²) < 4.78 is 27.1. The van der Waals surface area contributed by atoms with Crippen molar-refractivity contribution in [3.8, 4) is 0 Å². The van der Waals surface area contributed by atoms with Crippen LogP contribution in [0.3, 0.4) is 0 Å². The number of halogens is 2. The summed E-state index contributed by atoms with van der Waals surface area (Å²) in [5, 5.41) is 4.73. The molecule has 3 nitrogen and oxygen atoms in total.